The highest BCUT2D eigenvalue weighted by atomic mass is 79.9. The van der Waals surface area contributed by atoms with E-state index in [1.54, 1.807) is 0 Å². The smallest absolute Gasteiger partial charge is 0.0964 e. The van der Waals surface area contributed by atoms with Crippen molar-refractivity contribution >= 4 is 15.9 Å². The van der Waals surface area contributed by atoms with Gasteiger partial charge in [0.2, 0.25) is 0 Å². The van der Waals surface area contributed by atoms with Crippen molar-refractivity contribution in [2.24, 2.45) is 5.92 Å². The Morgan fingerprint density at radius 3 is 2.81 bits per heavy atom. The molecule has 2 heterocycles. The lowest BCUT2D eigenvalue weighted by Crippen LogP contribution is -2.30. The summed E-state index contributed by atoms with van der Waals surface area (Å²) in [6.45, 7) is 5.49. The zero-order chi connectivity index (χ0) is 11.4. The third-order valence-electron chi connectivity index (χ3n) is 3.27. The molecule has 1 fully saturated rings. The van der Waals surface area contributed by atoms with Crippen LogP contribution in [0.3, 0.4) is 0 Å². The molecule has 1 saturated heterocycles. The molecule has 1 N–H and O–H groups in total. The first-order chi connectivity index (χ1) is 7.85. The summed E-state index contributed by atoms with van der Waals surface area (Å²) in [6, 6.07) is 0. The highest BCUT2D eigenvalue weighted by Crippen LogP contribution is 2.17. The summed E-state index contributed by atoms with van der Waals surface area (Å²) in [4.78, 5) is 0. The van der Waals surface area contributed by atoms with Gasteiger partial charge >= 0.3 is 0 Å². The number of piperidine rings is 1. The Morgan fingerprint density at radius 1 is 1.44 bits per heavy atom. The van der Waals surface area contributed by atoms with Crippen molar-refractivity contribution in [1.29, 1.82) is 0 Å². The van der Waals surface area contributed by atoms with Crippen LogP contribution in [-0.4, -0.2) is 28.1 Å². The van der Waals surface area contributed by atoms with Gasteiger partial charge in [-0.05, 0) is 38.3 Å². The average Bonchev–Trinajstić information content (AvgIpc) is 2.72. The number of hydrogen-bond acceptors (Lipinski definition) is 3. The minimum atomic E-state index is 0.761. The minimum Gasteiger partial charge on any atom is -0.317 e. The lowest BCUT2D eigenvalue weighted by atomic mass is 9.98. The zero-order valence-corrected chi connectivity index (χ0v) is 11.3. The molecule has 4 nitrogen and oxygen atoms in total. The number of hydrogen-bond donors (Lipinski definition) is 1. The van der Waals surface area contributed by atoms with E-state index < -0.39 is 0 Å². The summed E-state index contributed by atoms with van der Waals surface area (Å²) in [5, 5.41) is 12.7. The molecule has 1 aromatic heterocycles. The molecule has 1 aliphatic heterocycles. The van der Waals surface area contributed by atoms with Crippen molar-refractivity contribution in [3.8, 4) is 0 Å². The van der Waals surface area contributed by atoms with Gasteiger partial charge in [-0.25, -0.2) is 4.68 Å². The predicted molar refractivity (Wildman–Crippen MR) is 67.6 cm³/mol. The second-order valence-electron chi connectivity index (χ2n) is 4.35. The number of rotatable bonds is 4. The predicted octanol–water partition coefficient (Wildman–Crippen LogP) is 1.73. The third-order valence-corrected chi connectivity index (χ3v) is 3.80. The van der Waals surface area contributed by atoms with Gasteiger partial charge in [0.15, 0.2) is 0 Å². The van der Waals surface area contributed by atoms with E-state index in [4.69, 9.17) is 0 Å². The summed E-state index contributed by atoms with van der Waals surface area (Å²) in [6.07, 6.45) is 3.53. The number of halogens is 1. The van der Waals surface area contributed by atoms with E-state index >= 15 is 0 Å². The molecule has 1 aromatic rings. The van der Waals surface area contributed by atoms with Gasteiger partial charge in [0.25, 0.3) is 0 Å². The Bertz CT molecular complexity index is 331. The zero-order valence-electron chi connectivity index (χ0n) is 9.75. The van der Waals surface area contributed by atoms with E-state index in [0.717, 1.165) is 43.0 Å². The highest BCUT2D eigenvalue weighted by Gasteiger charge is 2.17. The fourth-order valence-corrected chi connectivity index (χ4v) is 2.75. The van der Waals surface area contributed by atoms with Crippen LogP contribution in [0.1, 0.15) is 31.2 Å². The summed E-state index contributed by atoms with van der Waals surface area (Å²) in [7, 11) is 0. The van der Waals surface area contributed by atoms with Crippen LogP contribution in [-0.2, 0) is 18.3 Å². The number of alkyl halides is 1. The van der Waals surface area contributed by atoms with Crippen LogP contribution in [0.4, 0.5) is 0 Å². The molecule has 5 heteroatoms. The Morgan fingerprint density at radius 2 is 2.19 bits per heavy atom. The second kappa shape index (κ2) is 5.77. The average molecular weight is 287 g/mol. The largest absolute Gasteiger partial charge is 0.317 e. The van der Waals surface area contributed by atoms with Gasteiger partial charge < -0.3 is 5.32 Å². The maximum absolute atomic E-state index is 4.27. The molecular weight excluding hydrogens is 268 g/mol. The van der Waals surface area contributed by atoms with Gasteiger partial charge in [-0.1, -0.05) is 28.1 Å². The Balaban J connectivity index is 2.05. The number of nitrogens with one attached hydrogen (secondary N) is 1. The van der Waals surface area contributed by atoms with E-state index in [1.807, 2.05) is 0 Å². The molecule has 0 radical (unpaired) electrons. The fraction of sp³-hybridized carbons (Fsp3) is 0.818. The summed E-state index contributed by atoms with van der Waals surface area (Å²) in [5.74, 6) is 0.761. The molecule has 16 heavy (non-hydrogen) atoms. The lowest BCUT2D eigenvalue weighted by molar-refractivity contribution is 0.315. The van der Waals surface area contributed by atoms with Gasteiger partial charge in [-0.2, -0.15) is 0 Å². The first kappa shape index (κ1) is 12.0. The topological polar surface area (TPSA) is 42.7 Å². The monoisotopic (exact) mass is 286 g/mol. The van der Waals surface area contributed by atoms with Gasteiger partial charge in [-0.3, -0.25) is 0 Å². The molecule has 0 atom stereocenters. The molecule has 90 valence electrons. The van der Waals surface area contributed by atoms with E-state index in [2.05, 4.69) is 43.2 Å². The fourth-order valence-electron chi connectivity index (χ4n) is 2.31. The molecule has 0 bridgehead atoms. The van der Waals surface area contributed by atoms with Crippen LogP contribution in [0.25, 0.3) is 0 Å². The molecule has 0 saturated carbocycles. The van der Waals surface area contributed by atoms with Gasteiger partial charge in [0.1, 0.15) is 0 Å². The van der Waals surface area contributed by atoms with Crippen LogP contribution in [0.15, 0.2) is 0 Å². The van der Waals surface area contributed by atoms with E-state index in [-0.39, 0.29) is 0 Å². The molecule has 0 aliphatic carbocycles. The van der Waals surface area contributed by atoms with E-state index in [9.17, 15) is 0 Å². The van der Waals surface area contributed by atoms with Crippen LogP contribution >= 0.6 is 15.9 Å². The Kier molecular flexibility index (Phi) is 4.35. The van der Waals surface area contributed by atoms with Gasteiger partial charge in [0, 0.05) is 11.9 Å². The first-order valence-corrected chi connectivity index (χ1v) is 7.15. The normalized spacial score (nSPS) is 17.9. The first-order valence-electron chi connectivity index (χ1n) is 6.03. The molecule has 0 unspecified atom stereocenters. The molecule has 2 rings (SSSR count). The van der Waals surface area contributed by atoms with Crippen LogP contribution in [0.2, 0.25) is 0 Å². The van der Waals surface area contributed by atoms with Crippen molar-refractivity contribution in [2.45, 2.75) is 38.1 Å². The molecule has 0 amide bonds. The van der Waals surface area contributed by atoms with Crippen LogP contribution in [0, 0.1) is 5.92 Å². The third kappa shape index (κ3) is 2.63. The van der Waals surface area contributed by atoms with E-state index in [1.165, 1.54) is 18.5 Å². The van der Waals surface area contributed by atoms with Crippen LogP contribution in [0.5, 0.6) is 0 Å². The summed E-state index contributed by atoms with van der Waals surface area (Å²) >= 11 is 3.46. The van der Waals surface area contributed by atoms with Gasteiger partial charge in [-0.15, -0.1) is 5.10 Å². The SMILES string of the molecule is CCc1c(CBr)nnn1CC1CCNCC1. The summed E-state index contributed by atoms with van der Waals surface area (Å²) in [5.41, 5.74) is 2.38. The maximum Gasteiger partial charge on any atom is 0.0964 e. The summed E-state index contributed by atoms with van der Waals surface area (Å²) < 4.78 is 2.10. The molecule has 1 aliphatic rings. The molecule has 0 aromatic carbocycles. The van der Waals surface area contributed by atoms with Crippen molar-refractivity contribution in [2.75, 3.05) is 13.1 Å². The molecular formula is C11H19BrN4. The second-order valence-corrected chi connectivity index (χ2v) is 4.91. The minimum absolute atomic E-state index is 0.761. The maximum atomic E-state index is 4.27. The number of aromatic nitrogens is 3. The Labute approximate surface area is 105 Å². The van der Waals surface area contributed by atoms with Crippen molar-refractivity contribution in [1.82, 2.24) is 20.3 Å². The standard InChI is InChI=1S/C11H19BrN4/c1-2-11-10(7-12)14-15-16(11)8-9-3-5-13-6-4-9/h9,13H,2-8H2,1H3. The van der Waals surface area contributed by atoms with Crippen molar-refractivity contribution in [3.63, 3.8) is 0 Å². The Hall–Kier alpha value is -0.420. The van der Waals surface area contributed by atoms with Crippen LogP contribution < -0.4 is 5.32 Å². The number of nitrogens with zero attached hydrogens (tertiary/aromatic N) is 3. The lowest BCUT2D eigenvalue weighted by Gasteiger charge is -2.22. The van der Waals surface area contributed by atoms with Gasteiger partial charge in [0.05, 0.1) is 11.4 Å². The molecule has 0 spiro atoms. The van der Waals surface area contributed by atoms with Crippen molar-refractivity contribution in [3.05, 3.63) is 11.4 Å². The quantitative estimate of drug-likeness (QED) is 0.858. The van der Waals surface area contributed by atoms with Crippen molar-refractivity contribution < 1.29 is 0 Å². The van der Waals surface area contributed by atoms with E-state index in [0.29, 0.717) is 0 Å². The highest BCUT2D eigenvalue weighted by molar-refractivity contribution is 9.08.